The Morgan fingerprint density at radius 2 is 2.41 bits per heavy atom. The average molecular weight is 241 g/mol. The topological polar surface area (TPSA) is 60.1 Å². The van der Waals surface area contributed by atoms with Crippen molar-refractivity contribution in [1.29, 1.82) is 0 Å². The second kappa shape index (κ2) is 4.77. The van der Waals surface area contributed by atoms with Gasteiger partial charge in [-0.05, 0) is 12.1 Å². The summed E-state index contributed by atoms with van der Waals surface area (Å²) in [5.74, 6) is -0.307. The predicted molar refractivity (Wildman–Crippen MR) is 54.9 cm³/mol. The maximum atomic E-state index is 12.1. The molecular weight excluding hydrogens is 232 g/mol. The van der Waals surface area contributed by atoms with Gasteiger partial charge in [-0.3, -0.25) is 9.48 Å². The van der Waals surface area contributed by atoms with Gasteiger partial charge in [-0.2, -0.15) is 5.10 Å². The van der Waals surface area contributed by atoms with Crippen LogP contribution < -0.4 is 5.32 Å². The Balaban J connectivity index is 1.99. The van der Waals surface area contributed by atoms with Crippen LogP contribution >= 0.6 is 0 Å². The lowest BCUT2D eigenvalue weighted by molar-refractivity contribution is 0.0996. The smallest absolute Gasteiger partial charge is 0.291 e. The van der Waals surface area contributed by atoms with Gasteiger partial charge in [0.1, 0.15) is 6.54 Å². The normalized spacial score (nSPS) is 10.8. The van der Waals surface area contributed by atoms with Gasteiger partial charge in [0.2, 0.25) is 0 Å². The Morgan fingerprint density at radius 1 is 1.59 bits per heavy atom. The monoisotopic (exact) mass is 241 g/mol. The average Bonchev–Trinajstić information content (AvgIpc) is 2.87. The summed E-state index contributed by atoms with van der Waals surface area (Å²) in [6.07, 6.45) is 1.51. The minimum atomic E-state index is -2.48. The van der Waals surface area contributed by atoms with Gasteiger partial charge < -0.3 is 9.73 Å². The van der Waals surface area contributed by atoms with Gasteiger partial charge in [0.25, 0.3) is 12.3 Å². The molecule has 1 N–H and O–H groups in total. The summed E-state index contributed by atoms with van der Waals surface area (Å²) in [5.41, 5.74) is 0.340. The Morgan fingerprint density at radius 3 is 3.06 bits per heavy atom. The molecule has 0 aromatic carbocycles. The summed E-state index contributed by atoms with van der Waals surface area (Å²) in [6.45, 7) is -0.503. The molecule has 0 aliphatic carbocycles. The number of carbonyl (C=O) groups is 1. The molecule has 0 spiro atoms. The fourth-order valence-corrected chi connectivity index (χ4v) is 1.27. The highest BCUT2D eigenvalue weighted by Gasteiger charge is 2.11. The molecule has 7 heteroatoms. The number of alkyl halides is 2. The molecule has 2 aromatic heterocycles. The van der Waals surface area contributed by atoms with E-state index in [-0.39, 0.29) is 5.76 Å². The van der Waals surface area contributed by atoms with E-state index in [0.29, 0.717) is 5.69 Å². The summed E-state index contributed by atoms with van der Waals surface area (Å²) < 4.78 is 30.0. The summed E-state index contributed by atoms with van der Waals surface area (Å²) in [7, 11) is 0. The molecule has 0 aliphatic rings. The number of nitrogens with zero attached hydrogens (tertiary/aromatic N) is 2. The maximum absolute atomic E-state index is 12.1. The van der Waals surface area contributed by atoms with Crippen molar-refractivity contribution in [3.63, 3.8) is 0 Å². The molecule has 2 heterocycles. The number of amides is 1. The molecule has 0 atom stereocenters. The van der Waals surface area contributed by atoms with E-state index in [1.54, 1.807) is 6.07 Å². The lowest BCUT2D eigenvalue weighted by Crippen LogP contribution is -2.10. The van der Waals surface area contributed by atoms with Crippen LogP contribution in [0.2, 0.25) is 0 Å². The first-order valence-electron chi connectivity index (χ1n) is 4.80. The van der Waals surface area contributed by atoms with Crippen molar-refractivity contribution in [1.82, 2.24) is 9.78 Å². The third kappa shape index (κ3) is 2.90. The van der Waals surface area contributed by atoms with Crippen molar-refractivity contribution in [3.05, 3.63) is 36.5 Å². The lowest BCUT2D eigenvalue weighted by Gasteiger charge is -1.99. The highest BCUT2D eigenvalue weighted by Crippen LogP contribution is 2.09. The highest BCUT2D eigenvalue weighted by atomic mass is 19.3. The Kier molecular flexibility index (Phi) is 3.17. The lowest BCUT2D eigenvalue weighted by atomic mass is 10.4. The van der Waals surface area contributed by atoms with E-state index in [2.05, 4.69) is 10.4 Å². The number of furan rings is 1. The molecule has 5 nitrogen and oxygen atoms in total. The molecule has 90 valence electrons. The fourth-order valence-electron chi connectivity index (χ4n) is 1.27. The van der Waals surface area contributed by atoms with Crippen molar-refractivity contribution in [2.75, 3.05) is 5.32 Å². The second-order valence-corrected chi connectivity index (χ2v) is 3.27. The van der Waals surface area contributed by atoms with Crippen LogP contribution in [0.25, 0.3) is 0 Å². The van der Waals surface area contributed by atoms with Crippen LogP contribution in [-0.2, 0) is 6.54 Å². The van der Waals surface area contributed by atoms with E-state index in [0.717, 1.165) is 4.68 Å². The number of hydrogen-bond donors (Lipinski definition) is 1. The molecule has 2 rings (SSSR count). The Labute approximate surface area is 95.0 Å². The first kappa shape index (κ1) is 11.3. The molecular formula is C10H9F2N3O2. The number of anilines is 1. The SMILES string of the molecule is O=C(Nc1cnn(CC(F)F)c1)c1ccco1. The van der Waals surface area contributed by atoms with Gasteiger partial charge in [-0.1, -0.05) is 0 Å². The quantitative estimate of drug-likeness (QED) is 0.890. The summed E-state index contributed by atoms with van der Waals surface area (Å²) in [6, 6.07) is 3.08. The summed E-state index contributed by atoms with van der Waals surface area (Å²) >= 11 is 0. The summed E-state index contributed by atoms with van der Waals surface area (Å²) in [5, 5.41) is 6.16. The fraction of sp³-hybridized carbons (Fsp3) is 0.200. The zero-order chi connectivity index (χ0) is 12.3. The van der Waals surface area contributed by atoms with Gasteiger partial charge in [0.05, 0.1) is 18.1 Å². The van der Waals surface area contributed by atoms with E-state index in [1.807, 2.05) is 0 Å². The zero-order valence-corrected chi connectivity index (χ0v) is 8.64. The third-order valence-electron chi connectivity index (χ3n) is 1.96. The van der Waals surface area contributed by atoms with E-state index in [4.69, 9.17) is 4.42 Å². The van der Waals surface area contributed by atoms with Crippen LogP contribution in [0.5, 0.6) is 0 Å². The van der Waals surface area contributed by atoms with Crippen molar-refractivity contribution >= 4 is 11.6 Å². The standard InChI is InChI=1S/C10H9F2N3O2/c11-9(12)6-15-5-7(4-13-15)14-10(16)8-2-1-3-17-8/h1-5,9H,6H2,(H,14,16). The molecule has 1 amide bonds. The van der Waals surface area contributed by atoms with E-state index in [1.165, 1.54) is 24.7 Å². The van der Waals surface area contributed by atoms with Gasteiger partial charge in [-0.25, -0.2) is 8.78 Å². The van der Waals surface area contributed by atoms with Crippen LogP contribution in [-0.4, -0.2) is 22.1 Å². The Hall–Kier alpha value is -2.18. The van der Waals surface area contributed by atoms with E-state index in [9.17, 15) is 13.6 Å². The number of hydrogen-bond acceptors (Lipinski definition) is 3. The van der Waals surface area contributed by atoms with Gasteiger partial charge in [-0.15, -0.1) is 0 Å². The van der Waals surface area contributed by atoms with Gasteiger partial charge in [0, 0.05) is 6.20 Å². The van der Waals surface area contributed by atoms with E-state index < -0.39 is 18.9 Å². The number of halogens is 2. The number of nitrogens with one attached hydrogen (secondary N) is 1. The van der Waals surface area contributed by atoms with Crippen molar-refractivity contribution in [2.45, 2.75) is 13.0 Å². The van der Waals surface area contributed by atoms with Crippen LogP contribution in [0, 0.1) is 0 Å². The maximum Gasteiger partial charge on any atom is 0.291 e. The first-order valence-corrected chi connectivity index (χ1v) is 4.80. The Bertz CT molecular complexity index is 493. The molecule has 0 saturated carbocycles. The largest absolute Gasteiger partial charge is 0.459 e. The van der Waals surface area contributed by atoms with Crippen LogP contribution in [0.1, 0.15) is 10.6 Å². The van der Waals surface area contributed by atoms with Gasteiger partial charge in [0.15, 0.2) is 5.76 Å². The highest BCUT2D eigenvalue weighted by molar-refractivity contribution is 6.02. The summed E-state index contributed by atoms with van der Waals surface area (Å²) in [4.78, 5) is 11.5. The second-order valence-electron chi connectivity index (χ2n) is 3.27. The van der Waals surface area contributed by atoms with Crippen molar-refractivity contribution < 1.29 is 18.0 Å². The molecule has 0 unspecified atom stereocenters. The molecule has 0 saturated heterocycles. The zero-order valence-electron chi connectivity index (χ0n) is 8.64. The number of carbonyl (C=O) groups excluding carboxylic acids is 1. The molecule has 0 aliphatic heterocycles. The molecule has 2 aromatic rings. The van der Waals surface area contributed by atoms with Crippen LogP contribution in [0.3, 0.4) is 0 Å². The first-order chi connectivity index (χ1) is 8.15. The minimum absolute atomic E-state index is 0.145. The molecule has 0 radical (unpaired) electrons. The molecule has 0 fully saturated rings. The van der Waals surface area contributed by atoms with Gasteiger partial charge >= 0.3 is 0 Å². The number of rotatable bonds is 4. The minimum Gasteiger partial charge on any atom is -0.459 e. The van der Waals surface area contributed by atoms with E-state index >= 15 is 0 Å². The van der Waals surface area contributed by atoms with Crippen LogP contribution in [0.4, 0.5) is 14.5 Å². The third-order valence-corrected chi connectivity index (χ3v) is 1.96. The van der Waals surface area contributed by atoms with Crippen LogP contribution in [0.15, 0.2) is 35.2 Å². The van der Waals surface area contributed by atoms with Crippen molar-refractivity contribution in [3.8, 4) is 0 Å². The predicted octanol–water partition coefficient (Wildman–Crippen LogP) is 1.99. The molecule has 0 bridgehead atoms. The number of aromatic nitrogens is 2. The van der Waals surface area contributed by atoms with Crippen molar-refractivity contribution in [2.24, 2.45) is 0 Å². The molecule has 17 heavy (non-hydrogen) atoms.